The molecule has 1 saturated heterocycles. The Morgan fingerprint density at radius 2 is 2.40 bits per heavy atom. The van der Waals surface area contributed by atoms with E-state index >= 15 is 0 Å². The molecule has 2 aliphatic heterocycles. The van der Waals surface area contributed by atoms with Gasteiger partial charge in [0.25, 0.3) is 0 Å². The summed E-state index contributed by atoms with van der Waals surface area (Å²) in [6.45, 7) is 3.12. The molecule has 0 aliphatic carbocycles. The van der Waals surface area contributed by atoms with Crippen molar-refractivity contribution in [2.75, 3.05) is 38.3 Å². The fourth-order valence-electron chi connectivity index (χ4n) is 2.95. The molecule has 0 saturated carbocycles. The van der Waals surface area contributed by atoms with Gasteiger partial charge in [0.1, 0.15) is 16.9 Å². The third-order valence-corrected chi connectivity index (χ3v) is 4.21. The molecule has 0 unspecified atom stereocenters. The van der Waals surface area contributed by atoms with Crippen LogP contribution in [-0.4, -0.2) is 45.5 Å². The summed E-state index contributed by atoms with van der Waals surface area (Å²) in [5, 5.41) is 3.44. The maximum Gasteiger partial charge on any atom is 0.164 e. The van der Waals surface area contributed by atoms with Crippen molar-refractivity contribution >= 4 is 17.3 Å². The Labute approximate surface area is 122 Å². The van der Waals surface area contributed by atoms with Gasteiger partial charge in [-0.15, -0.1) is 0 Å². The highest BCUT2D eigenvalue weighted by molar-refractivity contribution is 6.32. The van der Waals surface area contributed by atoms with E-state index in [1.807, 2.05) is 0 Å². The SMILES string of the molecule is COC[C@@H]1C[C@@H]2CNCCN2c2ccc(F)c(Cl)c2O1. The van der Waals surface area contributed by atoms with Gasteiger partial charge in [-0.1, -0.05) is 11.6 Å². The van der Waals surface area contributed by atoms with Gasteiger partial charge in [0.15, 0.2) is 5.75 Å². The first kappa shape index (κ1) is 13.9. The average molecular weight is 301 g/mol. The molecule has 1 N–H and O–H groups in total. The average Bonchev–Trinajstić information content (AvgIpc) is 2.60. The Morgan fingerprint density at radius 3 is 3.20 bits per heavy atom. The highest BCUT2D eigenvalue weighted by Gasteiger charge is 2.33. The highest BCUT2D eigenvalue weighted by Crippen LogP contribution is 2.42. The minimum absolute atomic E-state index is 0.0581. The van der Waals surface area contributed by atoms with E-state index in [1.54, 1.807) is 13.2 Å². The summed E-state index contributed by atoms with van der Waals surface area (Å²) in [5.41, 5.74) is 0.876. The quantitative estimate of drug-likeness (QED) is 0.906. The zero-order valence-electron chi connectivity index (χ0n) is 11.4. The first-order valence-corrected chi connectivity index (χ1v) is 7.19. The summed E-state index contributed by atoms with van der Waals surface area (Å²) in [7, 11) is 1.64. The number of benzene rings is 1. The monoisotopic (exact) mass is 300 g/mol. The van der Waals surface area contributed by atoms with Gasteiger partial charge in [-0.25, -0.2) is 4.39 Å². The second-order valence-corrected chi connectivity index (χ2v) is 5.57. The van der Waals surface area contributed by atoms with Crippen LogP contribution in [0.15, 0.2) is 12.1 Å². The first-order valence-electron chi connectivity index (χ1n) is 6.81. The molecule has 1 aromatic carbocycles. The predicted octanol–water partition coefficient (Wildman–Crippen LogP) is 2.05. The Morgan fingerprint density at radius 1 is 1.55 bits per heavy atom. The molecule has 110 valence electrons. The van der Waals surface area contributed by atoms with Gasteiger partial charge in [-0.3, -0.25) is 0 Å². The van der Waals surface area contributed by atoms with E-state index in [2.05, 4.69) is 10.2 Å². The van der Waals surface area contributed by atoms with Crippen molar-refractivity contribution in [1.29, 1.82) is 0 Å². The van der Waals surface area contributed by atoms with Gasteiger partial charge >= 0.3 is 0 Å². The third kappa shape index (κ3) is 2.45. The van der Waals surface area contributed by atoms with Crippen molar-refractivity contribution in [3.63, 3.8) is 0 Å². The normalized spacial score (nSPS) is 25.4. The van der Waals surface area contributed by atoms with E-state index in [0.717, 1.165) is 31.7 Å². The number of anilines is 1. The van der Waals surface area contributed by atoms with Crippen molar-refractivity contribution in [2.24, 2.45) is 0 Å². The zero-order valence-corrected chi connectivity index (χ0v) is 12.1. The summed E-state index contributed by atoms with van der Waals surface area (Å²) in [6, 6.07) is 3.47. The number of nitrogens with one attached hydrogen (secondary N) is 1. The van der Waals surface area contributed by atoms with Gasteiger partial charge in [0.05, 0.1) is 12.3 Å². The second kappa shape index (κ2) is 5.76. The fourth-order valence-corrected chi connectivity index (χ4v) is 3.16. The second-order valence-electron chi connectivity index (χ2n) is 5.19. The molecule has 1 aromatic rings. The molecule has 0 aromatic heterocycles. The number of ether oxygens (including phenoxy) is 2. The van der Waals surface area contributed by atoms with Crippen LogP contribution in [0.4, 0.5) is 10.1 Å². The van der Waals surface area contributed by atoms with Gasteiger partial charge in [-0.05, 0) is 12.1 Å². The summed E-state index contributed by atoms with van der Waals surface area (Å²) in [5.74, 6) is -0.00622. The van der Waals surface area contributed by atoms with E-state index < -0.39 is 5.82 Å². The number of piperazine rings is 1. The number of hydrogen-bond donors (Lipinski definition) is 1. The molecule has 6 heteroatoms. The van der Waals surface area contributed by atoms with Gasteiger partial charge in [0, 0.05) is 39.2 Å². The van der Waals surface area contributed by atoms with Crippen LogP contribution >= 0.6 is 11.6 Å². The van der Waals surface area contributed by atoms with Crippen LogP contribution < -0.4 is 15.0 Å². The largest absolute Gasteiger partial charge is 0.484 e. The molecule has 3 rings (SSSR count). The lowest BCUT2D eigenvalue weighted by atomic mass is 10.1. The predicted molar refractivity (Wildman–Crippen MR) is 76.3 cm³/mol. The minimum Gasteiger partial charge on any atom is -0.484 e. The number of methoxy groups -OCH3 is 1. The first-order chi connectivity index (χ1) is 9.70. The van der Waals surface area contributed by atoms with Crippen LogP contribution in [0, 0.1) is 5.82 Å². The molecule has 0 bridgehead atoms. The number of rotatable bonds is 2. The molecule has 1 fully saturated rings. The zero-order chi connectivity index (χ0) is 14.1. The van der Waals surface area contributed by atoms with Crippen molar-refractivity contribution < 1.29 is 13.9 Å². The molecule has 0 amide bonds. The van der Waals surface area contributed by atoms with Crippen LogP contribution in [0.5, 0.6) is 5.75 Å². The van der Waals surface area contributed by atoms with Crippen molar-refractivity contribution in [1.82, 2.24) is 5.32 Å². The number of hydrogen-bond acceptors (Lipinski definition) is 4. The fraction of sp³-hybridized carbons (Fsp3) is 0.571. The lowest BCUT2D eigenvalue weighted by Gasteiger charge is -2.37. The standard InChI is InChI=1S/C14H18ClFN2O2/c1-19-8-10-6-9-7-17-4-5-18(9)12-3-2-11(16)13(15)14(12)20-10/h2-3,9-10,17H,4-8H2,1H3/t9-,10+/m1/s1. The number of halogens is 2. The van der Waals surface area contributed by atoms with Crippen molar-refractivity contribution in [3.8, 4) is 5.75 Å². The van der Waals surface area contributed by atoms with Gasteiger partial charge in [-0.2, -0.15) is 0 Å². The number of fused-ring (bicyclic) bond motifs is 3. The van der Waals surface area contributed by atoms with Gasteiger partial charge in [0.2, 0.25) is 0 Å². The topological polar surface area (TPSA) is 33.7 Å². The Balaban J connectivity index is 2.02. The third-order valence-electron chi connectivity index (χ3n) is 3.86. The summed E-state index contributed by atoms with van der Waals surface area (Å²) in [4.78, 5) is 2.26. The Kier molecular flexibility index (Phi) is 4.01. The molecular formula is C14H18ClFN2O2. The van der Waals surface area contributed by atoms with E-state index in [-0.39, 0.29) is 11.1 Å². The minimum atomic E-state index is -0.449. The molecular weight excluding hydrogens is 283 g/mol. The number of nitrogens with zero attached hydrogens (tertiary/aromatic N) is 1. The van der Waals surface area contributed by atoms with Crippen LogP contribution in [-0.2, 0) is 4.74 Å². The highest BCUT2D eigenvalue weighted by atomic mass is 35.5. The molecule has 20 heavy (non-hydrogen) atoms. The lowest BCUT2D eigenvalue weighted by Crippen LogP contribution is -2.52. The van der Waals surface area contributed by atoms with Crippen LogP contribution in [0.1, 0.15) is 6.42 Å². The van der Waals surface area contributed by atoms with E-state index in [0.29, 0.717) is 18.4 Å². The van der Waals surface area contributed by atoms with Crippen LogP contribution in [0.3, 0.4) is 0 Å². The van der Waals surface area contributed by atoms with E-state index in [1.165, 1.54) is 6.07 Å². The summed E-state index contributed by atoms with van der Waals surface area (Å²) in [6.07, 6.45) is 0.709. The van der Waals surface area contributed by atoms with Crippen LogP contribution in [0.25, 0.3) is 0 Å². The molecule has 4 nitrogen and oxygen atoms in total. The smallest absolute Gasteiger partial charge is 0.164 e. The maximum atomic E-state index is 13.7. The van der Waals surface area contributed by atoms with Crippen molar-refractivity contribution in [2.45, 2.75) is 18.6 Å². The van der Waals surface area contributed by atoms with E-state index in [4.69, 9.17) is 21.1 Å². The summed E-state index contributed by atoms with van der Waals surface area (Å²) < 4.78 is 24.8. The van der Waals surface area contributed by atoms with Crippen molar-refractivity contribution in [3.05, 3.63) is 23.0 Å². The Bertz CT molecular complexity index is 500. The molecule has 0 spiro atoms. The molecule has 2 aliphatic rings. The lowest BCUT2D eigenvalue weighted by molar-refractivity contribution is 0.0744. The molecule has 2 heterocycles. The molecule has 2 atom stereocenters. The molecule has 0 radical (unpaired) electrons. The Hall–Kier alpha value is -1.04. The van der Waals surface area contributed by atoms with Crippen LogP contribution in [0.2, 0.25) is 5.02 Å². The van der Waals surface area contributed by atoms with E-state index in [9.17, 15) is 4.39 Å². The summed E-state index contributed by atoms with van der Waals surface area (Å²) >= 11 is 6.10. The van der Waals surface area contributed by atoms with Gasteiger partial charge < -0.3 is 19.7 Å². The maximum absolute atomic E-state index is 13.7.